The Morgan fingerprint density at radius 3 is 3.00 bits per heavy atom. The molecule has 0 N–H and O–H groups in total. The number of amides is 1. The van der Waals surface area contributed by atoms with Gasteiger partial charge in [-0.3, -0.25) is 4.79 Å². The Bertz CT molecular complexity index is 374. The highest BCUT2D eigenvalue weighted by atomic mass is 16.5. The predicted octanol–water partition coefficient (Wildman–Crippen LogP) is 1.40. The van der Waals surface area contributed by atoms with Gasteiger partial charge in [0.2, 0.25) is 5.91 Å². The van der Waals surface area contributed by atoms with Crippen molar-refractivity contribution in [3.8, 4) is 5.75 Å². The molecule has 0 saturated carbocycles. The number of nitrogens with zero attached hydrogens (tertiary/aromatic N) is 1. The second kappa shape index (κ2) is 3.33. The van der Waals surface area contributed by atoms with Crippen LogP contribution >= 0.6 is 0 Å². The topological polar surface area (TPSA) is 29.5 Å². The third kappa shape index (κ3) is 1.35. The van der Waals surface area contributed by atoms with Crippen molar-refractivity contribution in [2.75, 3.05) is 19.1 Å². The van der Waals surface area contributed by atoms with Crippen molar-refractivity contribution in [3.63, 3.8) is 0 Å². The molecule has 1 amide bonds. The molecule has 0 saturated heterocycles. The Morgan fingerprint density at radius 2 is 2.29 bits per heavy atom. The van der Waals surface area contributed by atoms with Crippen LogP contribution in [-0.4, -0.2) is 20.1 Å². The van der Waals surface area contributed by atoms with E-state index < -0.39 is 0 Å². The lowest BCUT2D eigenvalue weighted by Gasteiger charge is -2.25. The van der Waals surface area contributed by atoms with Gasteiger partial charge in [0.1, 0.15) is 5.75 Å². The molecule has 73 valence electrons. The van der Waals surface area contributed by atoms with Gasteiger partial charge in [-0.1, -0.05) is 0 Å². The maximum atomic E-state index is 11.4. The van der Waals surface area contributed by atoms with Crippen molar-refractivity contribution < 1.29 is 9.53 Å². The fraction of sp³-hybridized carbons (Fsp3) is 0.364. The molecule has 1 heterocycles. The van der Waals surface area contributed by atoms with Gasteiger partial charge < -0.3 is 9.64 Å². The highest BCUT2D eigenvalue weighted by molar-refractivity contribution is 5.96. The molecule has 0 atom stereocenters. The van der Waals surface area contributed by atoms with Crippen LogP contribution in [0.4, 0.5) is 5.69 Å². The number of benzene rings is 1. The van der Waals surface area contributed by atoms with Crippen LogP contribution in [0.1, 0.15) is 12.0 Å². The summed E-state index contributed by atoms with van der Waals surface area (Å²) < 4.78 is 5.07. The molecule has 1 aliphatic heterocycles. The number of carbonyl (C=O) groups excluding carboxylic acids is 1. The number of hydrogen-bond acceptors (Lipinski definition) is 2. The number of fused-ring (bicyclic) bond motifs is 1. The Labute approximate surface area is 83.3 Å². The van der Waals surface area contributed by atoms with Gasteiger partial charge in [-0.15, -0.1) is 0 Å². The van der Waals surface area contributed by atoms with Gasteiger partial charge in [-0.2, -0.15) is 0 Å². The molecule has 0 unspecified atom stereocenters. The third-order valence-electron chi connectivity index (χ3n) is 2.55. The quantitative estimate of drug-likeness (QED) is 0.670. The van der Waals surface area contributed by atoms with E-state index in [-0.39, 0.29) is 5.91 Å². The zero-order valence-corrected chi connectivity index (χ0v) is 8.33. The number of hydrogen-bond donors (Lipinski definition) is 0. The largest absolute Gasteiger partial charge is 0.496 e. The van der Waals surface area contributed by atoms with E-state index in [0.717, 1.165) is 17.7 Å². The molecule has 1 aromatic rings. The standard InChI is InChI=1S/C11H12NO2/c1-12-10-7-9(14-2)5-3-8(10)4-6-11(12)13/h3,7H,4,6H2,1-2H3. The zero-order valence-electron chi connectivity index (χ0n) is 8.33. The van der Waals surface area contributed by atoms with Crippen LogP contribution in [0, 0.1) is 6.07 Å². The summed E-state index contributed by atoms with van der Waals surface area (Å²) in [6.45, 7) is 0. The number of rotatable bonds is 1. The number of methoxy groups -OCH3 is 1. The van der Waals surface area contributed by atoms with E-state index in [1.54, 1.807) is 19.1 Å². The van der Waals surface area contributed by atoms with Crippen molar-refractivity contribution in [1.82, 2.24) is 0 Å². The molecule has 0 spiro atoms. The van der Waals surface area contributed by atoms with Crippen LogP contribution in [0.25, 0.3) is 0 Å². The molecule has 0 aromatic heterocycles. The average molecular weight is 190 g/mol. The average Bonchev–Trinajstić information content (AvgIpc) is 2.23. The van der Waals surface area contributed by atoms with Crippen LogP contribution < -0.4 is 9.64 Å². The first-order valence-electron chi connectivity index (χ1n) is 4.57. The molecule has 2 rings (SSSR count). The minimum absolute atomic E-state index is 0.158. The van der Waals surface area contributed by atoms with Gasteiger partial charge in [0.05, 0.1) is 12.8 Å². The zero-order chi connectivity index (χ0) is 10.1. The van der Waals surface area contributed by atoms with Crippen LogP contribution in [0.15, 0.2) is 12.1 Å². The molecule has 1 aromatic carbocycles. The lowest BCUT2D eigenvalue weighted by Crippen LogP contribution is -2.31. The van der Waals surface area contributed by atoms with E-state index in [1.807, 2.05) is 12.1 Å². The smallest absolute Gasteiger partial charge is 0.227 e. The van der Waals surface area contributed by atoms with Crippen molar-refractivity contribution in [2.24, 2.45) is 0 Å². The molecule has 0 aliphatic carbocycles. The van der Waals surface area contributed by atoms with E-state index >= 15 is 0 Å². The summed E-state index contributed by atoms with van der Waals surface area (Å²) in [5, 5.41) is 0. The summed E-state index contributed by atoms with van der Waals surface area (Å²) in [6.07, 6.45) is 1.39. The van der Waals surface area contributed by atoms with E-state index in [1.165, 1.54) is 0 Å². The summed E-state index contributed by atoms with van der Waals surface area (Å²) in [5.74, 6) is 0.830. The summed E-state index contributed by atoms with van der Waals surface area (Å²) >= 11 is 0. The Hall–Kier alpha value is -1.51. The first kappa shape index (κ1) is 9.06. The maximum Gasteiger partial charge on any atom is 0.227 e. The lowest BCUT2D eigenvalue weighted by molar-refractivity contribution is -0.118. The van der Waals surface area contributed by atoms with Crippen LogP contribution in [0.2, 0.25) is 0 Å². The molecule has 14 heavy (non-hydrogen) atoms. The first-order chi connectivity index (χ1) is 6.72. The SMILES string of the molecule is COc1[c]cc2c(c1)N(C)C(=O)CC2. The van der Waals surface area contributed by atoms with Gasteiger partial charge in [0, 0.05) is 25.6 Å². The van der Waals surface area contributed by atoms with E-state index in [0.29, 0.717) is 12.2 Å². The summed E-state index contributed by atoms with van der Waals surface area (Å²) in [7, 11) is 3.39. The van der Waals surface area contributed by atoms with Crippen molar-refractivity contribution in [2.45, 2.75) is 12.8 Å². The van der Waals surface area contributed by atoms with Crippen molar-refractivity contribution >= 4 is 11.6 Å². The normalized spacial score (nSPS) is 15.3. The van der Waals surface area contributed by atoms with Crippen LogP contribution in [0.5, 0.6) is 5.75 Å². The van der Waals surface area contributed by atoms with E-state index in [9.17, 15) is 4.79 Å². The molecule has 0 bridgehead atoms. The second-order valence-corrected chi connectivity index (χ2v) is 3.36. The molecular formula is C11H12NO2. The minimum atomic E-state index is 0.158. The van der Waals surface area contributed by atoms with Gasteiger partial charge in [-0.25, -0.2) is 0 Å². The Kier molecular flexibility index (Phi) is 2.15. The summed E-state index contributed by atoms with van der Waals surface area (Å²) in [5.41, 5.74) is 2.10. The van der Waals surface area contributed by atoms with Gasteiger partial charge >= 0.3 is 0 Å². The number of carbonyl (C=O) groups is 1. The van der Waals surface area contributed by atoms with Crippen LogP contribution in [-0.2, 0) is 11.2 Å². The third-order valence-corrected chi connectivity index (χ3v) is 2.55. The predicted molar refractivity (Wildman–Crippen MR) is 53.6 cm³/mol. The summed E-state index contributed by atoms with van der Waals surface area (Å²) in [4.78, 5) is 13.1. The van der Waals surface area contributed by atoms with Gasteiger partial charge in [-0.05, 0) is 18.1 Å². The molecule has 1 radical (unpaired) electrons. The number of aryl methyl sites for hydroxylation is 1. The summed E-state index contributed by atoms with van der Waals surface area (Å²) in [6, 6.07) is 6.77. The van der Waals surface area contributed by atoms with Crippen molar-refractivity contribution in [1.29, 1.82) is 0 Å². The van der Waals surface area contributed by atoms with E-state index in [4.69, 9.17) is 4.74 Å². The molecular weight excluding hydrogens is 178 g/mol. The Balaban J connectivity index is 2.46. The minimum Gasteiger partial charge on any atom is -0.496 e. The molecule has 3 heteroatoms. The number of anilines is 1. The maximum absolute atomic E-state index is 11.4. The van der Waals surface area contributed by atoms with Gasteiger partial charge in [0.25, 0.3) is 0 Å². The molecule has 0 fully saturated rings. The second-order valence-electron chi connectivity index (χ2n) is 3.36. The highest BCUT2D eigenvalue weighted by Gasteiger charge is 2.20. The fourth-order valence-corrected chi connectivity index (χ4v) is 1.66. The van der Waals surface area contributed by atoms with Crippen LogP contribution in [0.3, 0.4) is 0 Å². The number of ether oxygens (including phenoxy) is 1. The molecule has 3 nitrogen and oxygen atoms in total. The van der Waals surface area contributed by atoms with Gasteiger partial charge in [0.15, 0.2) is 0 Å². The van der Waals surface area contributed by atoms with Crippen molar-refractivity contribution in [3.05, 3.63) is 23.8 Å². The highest BCUT2D eigenvalue weighted by Crippen LogP contribution is 2.29. The molecule has 1 aliphatic rings. The fourth-order valence-electron chi connectivity index (χ4n) is 1.66. The van der Waals surface area contributed by atoms with E-state index in [2.05, 4.69) is 6.07 Å². The monoisotopic (exact) mass is 190 g/mol. The lowest BCUT2D eigenvalue weighted by atomic mass is 10.0. The Morgan fingerprint density at radius 1 is 1.50 bits per heavy atom. The first-order valence-corrected chi connectivity index (χ1v) is 4.57.